The molecule has 4 heterocycles. The Morgan fingerprint density at radius 1 is 1.18 bits per heavy atom. The number of ether oxygens (including phenoxy) is 2. The van der Waals surface area contributed by atoms with Crippen LogP contribution < -0.4 is 0 Å². The van der Waals surface area contributed by atoms with Crippen molar-refractivity contribution in [2.45, 2.75) is 31.9 Å². The Bertz CT molecular complexity index is 947. The monoisotopic (exact) mass is 489 g/mol. The van der Waals surface area contributed by atoms with Gasteiger partial charge in [0.15, 0.2) is 0 Å². The second-order valence-electron chi connectivity index (χ2n) is 9.18. The zero-order valence-electron chi connectivity index (χ0n) is 19.4. The Kier molecular flexibility index (Phi) is 7.09. The average Bonchev–Trinajstić information content (AvgIpc) is 3.41. The quantitative estimate of drug-likeness (QED) is 0.249. The minimum atomic E-state index is -0.789. The van der Waals surface area contributed by atoms with Gasteiger partial charge < -0.3 is 29.3 Å². The molecule has 0 aliphatic carbocycles. The van der Waals surface area contributed by atoms with Gasteiger partial charge in [-0.1, -0.05) is 37.5 Å². The van der Waals surface area contributed by atoms with E-state index >= 15 is 0 Å². The number of β-lactam (4-membered cyclic amide) rings is 1. The van der Waals surface area contributed by atoms with Gasteiger partial charge in [-0.25, -0.2) is 9.59 Å². The Balaban J connectivity index is 1.50. The minimum Gasteiger partial charge on any atom is -0.457 e. The molecule has 4 aliphatic heterocycles. The second kappa shape index (κ2) is 9.87. The van der Waals surface area contributed by atoms with Crippen molar-refractivity contribution in [1.29, 1.82) is 0 Å². The van der Waals surface area contributed by atoms with Gasteiger partial charge in [-0.3, -0.25) is 4.79 Å². The van der Waals surface area contributed by atoms with E-state index in [1.807, 2.05) is 0 Å². The highest BCUT2D eigenvalue weighted by atomic mass is 32.1. The number of hydrogen-bond acceptors (Lipinski definition) is 7. The second-order valence-corrected chi connectivity index (χ2v) is 9.60. The lowest BCUT2D eigenvalue weighted by Gasteiger charge is -2.48. The van der Waals surface area contributed by atoms with E-state index in [1.54, 1.807) is 11.8 Å². The molecule has 0 bridgehead atoms. The summed E-state index contributed by atoms with van der Waals surface area (Å²) >= 11 is 5.82. The largest absolute Gasteiger partial charge is 0.457 e. The van der Waals surface area contributed by atoms with E-state index in [9.17, 15) is 19.5 Å². The molecule has 1 N–H and O–H groups in total. The molecule has 0 aromatic carbocycles. The number of likely N-dealkylation sites (tertiary alicyclic amines) is 2. The van der Waals surface area contributed by atoms with E-state index in [2.05, 4.69) is 18.1 Å². The summed E-state index contributed by atoms with van der Waals surface area (Å²) in [7, 11) is 0. The highest BCUT2D eigenvalue weighted by molar-refractivity contribution is 7.80. The van der Waals surface area contributed by atoms with Crippen molar-refractivity contribution in [2.24, 2.45) is 17.8 Å². The number of amides is 2. The number of piperidine rings is 1. The summed E-state index contributed by atoms with van der Waals surface area (Å²) in [5.74, 6) is -1.31. The Morgan fingerprint density at radius 2 is 1.85 bits per heavy atom. The maximum absolute atomic E-state index is 12.9. The van der Waals surface area contributed by atoms with Gasteiger partial charge in [0.05, 0.1) is 23.1 Å². The first-order chi connectivity index (χ1) is 16.3. The lowest BCUT2D eigenvalue weighted by molar-refractivity contribution is -0.164. The van der Waals surface area contributed by atoms with E-state index < -0.39 is 18.0 Å². The van der Waals surface area contributed by atoms with Crippen LogP contribution in [0.4, 0.5) is 4.79 Å². The van der Waals surface area contributed by atoms with Gasteiger partial charge in [0, 0.05) is 38.0 Å². The number of fused-ring (bicyclic) bond motifs is 3. The van der Waals surface area contributed by atoms with Crippen LogP contribution >= 0.6 is 12.2 Å². The molecule has 2 amide bonds. The lowest BCUT2D eigenvalue weighted by Crippen LogP contribution is -2.64. The number of carbonyl (C=O) groups excluding carboxylic acids is 3. The molecule has 3 fully saturated rings. The molecule has 5 atom stereocenters. The summed E-state index contributed by atoms with van der Waals surface area (Å²) in [6, 6.07) is -0.230. The molecule has 10 heteroatoms. The highest BCUT2D eigenvalue weighted by Gasteiger charge is 2.61. The van der Waals surface area contributed by atoms with Gasteiger partial charge in [0.25, 0.3) is 0 Å². The summed E-state index contributed by atoms with van der Waals surface area (Å²) in [4.78, 5) is 43.9. The molecule has 0 aromatic heterocycles. The maximum atomic E-state index is 12.9. The zero-order chi connectivity index (χ0) is 24.6. The fourth-order valence-electron chi connectivity index (χ4n) is 5.59. The van der Waals surface area contributed by atoms with E-state index in [-0.39, 0.29) is 48.8 Å². The highest BCUT2D eigenvalue weighted by Crippen LogP contribution is 2.50. The van der Waals surface area contributed by atoms with E-state index in [1.165, 1.54) is 17.1 Å². The van der Waals surface area contributed by atoms with Crippen LogP contribution in [0.25, 0.3) is 0 Å². The van der Waals surface area contributed by atoms with Gasteiger partial charge in [-0.05, 0) is 25.3 Å². The number of hydrogen-bond donors (Lipinski definition) is 1. The van der Waals surface area contributed by atoms with Crippen LogP contribution in [0.5, 0.6) is 0 Å². The van der Waals surface area contributed by atoms with Crippen LogP contribution in [0.2, 0.25) is 0 Å². The van der Waals surface area contributed by atoms with Crippen LogP contribution in [-0.2, 0) is 19.1 Å². The van der Waals surface area contributed by atoms with Crippen LogP contribution in [0.1, 0.15) is 19.8 Å². The summed E-state index contributed by atoms with van der Waals surface area (Å²) in [5, 5.41) is 10.2. The molecule has 0 saturated carbocycles. The third-order valence-electron chi connectivity index (χ3n) is 7.14. The molecule has 0 spiro atoms. The first kappa shape index (κ1) is 24.4. The first-order valence-electron chi connectivity index (χ1n) is 11.6. The average molecular weight is 490 g/mol. The Morgan fingerprint density at radius 3 is 2.53 bits per heavy atom. The molecule has 0 aromatic rings. The molecule has 34 heavy (non-hydrogen) atoms. The molecule has 184 valence electrons. The van der Waals surface area contributed by atoms with Gasteiger partial charge in [-0.15, -0.1) is 0 Å². The Hall–Kier alpha value is -2.72. The fraction of sp³-hybridized carbons (Fsp3) is 0.583. The molecule has 1 unspecified atom stereocenters. The molecule has 9 nitrogen and oxygen atoms in total. The molecular formula is C24H31N3O6S. The van der Waals surface area contributed by atoms with Crippen molar-refractivity contribution in [3.63, 3.8) is 0 Å². The standard InChI is InChI=1S/C24H31N3O6S/c1-4-10-32-23(30)20-17-13-25(9-7-16(17)19-18(14(3)28)21(29)27(19)20)22(34)15-6-8-26(12-15)24(31)33-11-5-2/h4-5,14-16,18-19,28H,1-2,6-13H2,3H3/t14-,15?,16+,18-,19-/m1/s1. The number of esters is 1. The van der Waals surface area contributed by atoms with Gasteiger partial charge in [0.1, 0.15) is 18.9 Å². The molecule has 0 radical (unpaired) electrons. The third-order valence-corrected chi connectivity index (χ3v) is 7.73. The van der Waals surface area contributed by atoms with Crippen molar-refractivity contribution in [3.05, 3.63) is 36.6 Å². The summed E-state index contributed by atoms with van der Waals surface area (Å²) in [5.41, 5.74) is 1.12. The minimum absolute atomic E-state index is 0.0170. The van der Waals surface area contributed by atoms with Crippen LogP contribution in [-0.4, -0.2) is 94.3 Å². The van der Waals surface area contributed by atoms with Gasteiger partial charge >= 0.3 is 12.1 Å². The number of thiocarbonyl (C=S) groups is 1. The molecular weight excluding hydrogens is 458 g/mol. The third kappa shape index (κ3) is 4.13. The first-order valence-corrected chi connectivity index (χ1v) is 12.0. The number of aliphatic hydroxyl groups is 1. The SMILES string of the molecule is C=CCOC(=O)C1=C2CN(C(=S)C3CCN(C(=O)OCC=C)C3)CC[C@@H]2[C@@H]2[C@@H]([C@@H](C)O)C(=O)N12. The maximum Gasteiger partial charge on any atom is 0.410 e. The number of aliphatic hydroxyl groups excluding tert-OH is 1. The van der Waals surface area contributed by atoms with Gasteiger partial charge in [-0.2, -0.15) is 0 Å². The number of rotatable bonds is 7. The summed E-state index contributed by atoms with van der Waals surface area (Å²) in [6.45, 7) is 11.1. The van der Waals surface area contributed by atoms with Crippen molar-refractivity contribution >= 4 is 35.2 Å². The van der Waals surface area contributed by atoms with Crippen molar-refractivity contribution in [3.8, 4) is 0 Å². The molecule has 4 rings (SSSR count). The van der Waals surface area contributed by atoms with Crippen molar-refractivity contribution < 1.29 is 29.0 Å². The van der Waals surface area contributed by atoms with Crippen LogP contribution in [0.15, 0.2) is 36.6 Å². The number of nitrogens with zero attached hydrogens (tertiary/aromatic N) is 3. The predicted molar refractivity (Wildman–Crippen MR) is 127 cm³/mol. The van der Waals surface area contributed by atoms with E-state index in [0.717, 1.165) is 17.0 Å². The molecule has 4 aliphatic rings. The smallest absolute Gasteiger partial charge is 0.410 e. The normalized spacial score (nSPS) is 28.6. The number of carbonyl (C=O) groups is 3. The summed E-state index contributed by atoms with van der Waals surface area (Å²) < 4.78 is 10.4. The van der Waals surface area contributed by atoms with Crippen LogP contribution in [0.3, 0.4) is 0 Å². The molecule has 3 saturated heterocycles. The van der Waals surface area contributed by atoms with Crippen molar-refractivity contribution in [2.75, 3.05) is 39.4 Å². The fourth-order valence-corrected chi connectivity index (χ4v) is 5.94. The van der Waals surface area contributed by atoms with E-state index in [4.69, 9.17) is 21.7 Å². The lowest BCUT2D eigenvalue weighted by atomic mass is 9.74. The van der Waals surface area contributed by atoms with Gasteiger partial charge in [0.2, 0.25) is 5.91 Å². The van der Waals surface area contributed by atoms with Crippen molar-refractivity contribution in [1.82, 2.24) is 14.7 Å². The van der Waals surface area contributed by atoms with E-state index in [0.29, 0.717) is 32.6 Å². The topological polar surface area (TPSA) is 99.6 Å². The zero-order valence-corrected chi connectivity index (χ0v) is 20.2. The summed E-state index contributed by atoms with van der Waals surface area (Å²) in [6.07, 6.45) is 3.31. The van der Waals surface area contributed by atoms with Crippen LogP contribution in [0, 0.1) is 17.8 Å². The predicted octanol–water partition coefficient (Wildman–Crippen LogP) is 1.48. The Labute approximate surface area is 204 Å².